The van der Waals surface area contributed by atoms with E-state index >= 15 is 0 Å². The average molecular weight is 348 g/mol. The van der Waals surface area contributed by atoms with Gasteiger partial charge in [0.25, 0.3) is 0 Å². The first kappa shape index (κ1) is 16.4. The van der Waals surface area contributed by atoms with E-state index in [1.54, 1.807) is 14.2 Å². The number of methoxy groups -OCH3 is 2. The van der Waals surface area contributed by atoms with Crippen LogP contribution in [-0.4, -0.2) is 25.1 Å². The first-order chi connectivity index (χ1) is 12.7. The van der Waals surface area contributed by atoms with Gasteiger partial charge in [-0.2, -0.15) is 0 Å². The van der Waals surface area contributed by atoms with E-state index in [1.807, 2.05) is 48.5 Å². The molecule has 0 radical (unpaired) electrons. The van der Waals surface area contributed by atoms with Gasteiger partial charge in [0.1, 0.15) is 11.5 Å². The van der Waals surface area contributed by atoms with Gasteiger partial charge < -0.3 is 14.8 Å². The van der Waals surface area contributed by atoms with E-state index in [0.29, 0.717) is 0 Å². The molecule has 0 atom stereocenters. The number of fused-ring (bicyclic) bond motifs is 1. The first-order valence-corrected chi connectivity index (χ1v) is 8.62. The Kier molecular flexibility index (Phi) is 4.21. The summed E-state index contributed by atoms with van der Waals surface area (Å²) in [6.07, 6.45) is 1.96. The minimum Gasteiger partial charge on any atom is -0.497 e. The number of amides is 1. The summed E-state index contributed by atoms with van der Waals surface area (Å²) in [6.45, 7) is 0. The Balaban J connectivity index is 1.71. The molecule has 26 heavy (non-hydrogen) atoms. The molecule has 5 heteroatoms. The van der Waals surface area contributed by atoms with E-state index in [-0.39, 0.29) is 11.8 Å². The SMILES string of the molecule is COc1ccc(-c2cc(OC)c3cc(NC(=O)C4CC4)ccc3n2)cc1. The van der Waals surface area contributed by atoms with E-state index in [1.165, 1.54) is 0 Å². The summed E-state index contributed by atoms with van der Waals surface area (Å²) >= 11 is 0. The van der Waals surface area contributed by atoms with Gasteiger partial charge in [-0.15, -0.1) is 0 Å². The molecule has 0 bridgehead atoms. The fraction of sp³-hybridized carbons (Fsp3) is 0.238. The largest absolute Gasteiger partial charge is 0.497 e. The van der Waals surface area contributed by atoms with Gasteiger partial charge in [-0.05, 0) is 55.3 Å². The van der Waals surface area contributed by atoms with Crippen molar-refractivity contribution in [1.29, 1.82) is 0 Å². The molecule has 1 saturated carbocycles. The molecule has 0 saturated heterocycles. The molecule has 1 aliphatic rings. The van der Waals surface area contributed by atoms with Crippen LogP contribution < -0.4 is 14.8 Å². The van der Waals surface area contributed by atoms with Crippen molar-refractivity contribution in [2.75, 3.05) is 19.5 Å². The van der Waals surface area contributed by atoms with Crippen molar-refractivity contribution in [3.63, 3.8) is 0 Å². The number of rotatable bonds is 5. The lowest BCUT2D eigenvalue weighted by Gasteiger charge is -2.11. The molecule has 0 spiro atoms. The fourth-order valence-electron chi connectivity index (χ4n) is 2.94. The maximum atomic E-state index is 12.0. The molecule has 2 aromatic carbocycles. The number of pyridine rings is 1. The molecule has 1 N–H and O–H groups in total. The van der Waals surface area contributed by atoms with Gasteiger partial charge in [-0.1, -0.05) is 0 Å². The van der Waals surface area contributed by atoms with Crippen molar-refractivity contribution >= 4 is 22.5 Å². The quantitative estimate of drug-likeness (QED) is 0.748. The summed E-state index contributed by atoms with van der Waals surface area (Å²) in [5, 5.41) is 3.84. The number of ether oxygens (including phenoxy) is 2. The van der Waals surface area contributed by atoms with E-state index in [0.717, 1.165) is 52.2 Å². The number of nitrogens with one attached hydrogen (secondary N) is 1. The van der Waals surface area contributed by atoms with E-state index in [9.17, 15) is 4.79 Å². The lowest BCUT2D eigenvalue weighted by atomic mass is 10.1. The van der Waals surface area contributed by atoms with Crippen molar-refractivity contribution in [1.82, 2.24) is 4.98 Å². The predicted molar refractivity (Wildman–Crippen MR) is 102 cm³/mol. The third-order valence-electron chi connectivity index (χ3n) is 4.59. The van der Waals surface area contributed by atoms with Crippen LogP contribution in [0.1, 0.15) is 12.8 Å². The number of anilines is 1. The number of carbonyl (C=O) groups is 1. The number of carbonyl (C=O) groups excluding carboxylic acids is 1. The Hall–Kier alpha value is -3.08. The highest BCUT2D eigenvalue weighted by Crippen LogP contribution is 2.34. The predicted octanol–water partition coefficient (Wildman–Crippen LogP) is 4.27. The van der Waals surface area contributed by atoms with Crippen molar-refractivity contribution in [2.45, 2.75) is 12.8 Å². The number of benzene rings is 2. The number of aromatic nitrogens is 1. The smallest absolute Gasteiger partial charge is 0.227 e. The van der Waals surface area contributed by atoms with Crippen LogP contribution in [0.25, 0.3) is 22.2 Å². The maximum absolute atomic E-state index is 12.0. The second-order valence-electron chi connectivity index (χ2n) is 6.43. The highest BCUT2D eigenvalue weighted by atomic mass is 16.5. The van der Waals surface area contributed by atoms with Crippen molar-refractivity contribution in [2.24, 2.45) is 5.92 Å². The molecule has 1 aromatic heterocycles. The molecular formula is C21H20N2O3. The van der Waals surface area contributed by atoms with Crippen LogP contribution in [0.5, 0.6) is 11.5 Å². The molecule has 3 aromatic rings. The zero-order chi connectivity index (χ0) is 18.1. The summed E-state index contributed by atoms with van der Waals surface area (Å²) in [6, 6.07) is 15.4. The molecule has 4 rings (SSSR count). The first-order valence-electron chi connectivity index (χ1n) is 8.62. The highest BCUT2D eigenvalue weighted by Gasteiger charge is 2.29. The maximum Gasteiger partial charge on any atom is 0.227 e. The Bertz CT molecular complexity index is 963. The average Bonchev–Trinajstić information content (AvgIpc) is 3.52. The van der Waals surface area contributed by atoms with Crippen LogP contribution >= 0.6 is 0 Å². The van der Waals surface area contributed by atoms with Gasteiger partial charge in [-0.3, -0.25) is 4.79 Å². The molecule has 0 aliphatic heterocycles. The second-order valence-corrected chi connectivity index (χ2v) is 6.43. The van der Waals surface area contributed by atoms with E-state index < -0.39 is 0 Å². The Labute approximate surface area is 152 Å². The van der Waals surface area contributed by atoms with Gasteiger partial charge in [-0.25, -0.2) is 4.98 Å². The lowest BCUT2D eigenvalue weighted by molar-refractivity contribution is -0.117. The molecule has 1 amide bonds. The van der Waals surface area contributed by atoms with Gasteiger partial charge in [0.2, 0.25) is 5.91 Å². The highest BCUT2D eigenvalue weighted by molar-refractivity contribution is 5.97. The number of hydrogen-bond donors (Lipinski definition) is 1. The standard InChI is InChI=1S/C21H20N2O3/c1-25-16-8-5-13(6-9-16)19-12-20(26-2)17-11-15(7-10-18(17)23-19)22-21(24)14-3-4-14/h5-12,14H,3-4H2,1-2H3,(H,22,24). The monoisotopic (exact) mass is 348 g/mol. The van der Waals surface area contributed by atoms with Crippen LogP contribution in [0.4, 0.5) is 5.69 Å². The summed E-state index contributed by atoms with van der Waals surface area (Å²) in [5.74, 6) is 1.79. The normalized spacial score (nSPS) is 13.5. The van der Waals surface area contributed by atoms with Gasteiger partial charge in [0.15, 0.2) is 0 Å². The molecule has 5 nitrogen and oxygen atoms in total. The minimum atomic E-state index is 0.0890. The topological polar surface area (TPSA) is 60.5 Å². The Morgan fingerprint density at radius 3 is 2.46 bits per heavy atom. The zero-order valence-electron chi connectivity index (χ0n) is 14.8. The van der Waals surface area contributed by atoms with E-state index in [2.05, 4.69) is 5.32 Å². The molecule has 1 heterocycles. The van der Waals surface area contributed by atoms with Gasteiger partial charge >= 0.3 is 0 Å². The second kappa shape index (κ2) is 6.67. The summed E-state index contributed by atoms with van der Waals surface area (Å²) in [5.41, 5.74) is 3.40. The van der Waals surface area contributed by atoms with Gasteiger partial charge in [0, 0.05) is 28.6 Å². The third-order valence-corrected chi connectivity index (χ3v) is 4.59. The molecule has 1 aliphatic carbocycles. The third kappa shape index (κ3) is 3.20. The molecular weight excluding hydrogens is 328 g/mol. The number of nitrogens with zero attached hydrogens (tertiary/aromatic N) is 1. The molecule has 0 unspecified atom stereocenters. The molecule has 132 valence electrons. The van der Waals surface area contributed by atoms with Crippen molar-refractivity contribution < 1.29 is 14.3 Å². The molecule has 1 fully saturated rings. The van der Waals surface area contributed by atoms with Crippen LogP contribution in [0.3, 0.4) is 0 Å². The lowest BCUT2D eigenvalue weighted by Crippen LogP contribution is -2.13. The van der Waals surface area contributed by atoms with Crippen LogP contribution in [0, 0.1) is 5.92 Å². The Morgan fingerprint density at radius 2 is 1.81 bits per heavy atom. The van der Waals surface area contributed by atoms with Crippen molar-refractivity contribution in [3.05, 3.63) is 48.5 Å². The van der Waals surface area contributed by atoms with Crippen molar-refractivity contribution in [3.8, 4) is 22.8 Å². The minimum absolute atomic E-state index is 0.0890. The van der Waals surface area contributed by atoms with Gasteiger partial charge in [0.05, 0.1) is 25.4 Å². The number of hydrogen-bond acceptors (Lipinski definition) is 4. The zero-order valence-corrected chi connectivity index (χ0v) is 14.8. The summed E-state index contributed by atoms with van der Waals surface area (Å²) in [4.78, 5) is 16.7. The van der Waals surface area contributed by atoms with Crippen LogP contribution in [0.2, 0.25) is 0 Å². The van der Waals surface area contributed by atoms with Crippen LogP contribution in [0.15, 0.2) is 48.5 Å². The van der Waals surface area contributed by atoms with E-state index in [4.69, 9.17) is 14.5 Å². The summed E-state index contributed by atoms with van der Waals surface area (Å²) in [7, 11) is 3.29. The Morgan fingerprint density at radius 1 is 1.04 bits per heavy atom. The summed E-state index contributed by atoms with van der Waals surface area (Å²) < 4.78 is 10.8. The fourth-order valence-corrected chi connectivity index (χ4v) is 2.94. The van der Waals surface area contributed by atoms with Crippen LogP contribution in [-0.2, 0) is 4.79 Å².